The number of nitrogens with zero attached hydrogens (tertiary/aromatic N) is 3. The summed E-state index contributed by atoms with van der Waals surface area (Å²) in [6, 6.07) is 0. The number of carbonyl (C=O) groups is 3. The van der Waals surface area contributed by atoms with Gasteiger partial charge in [0.2, 0.25) is 11.6 Å². The summed E-state index contributed by atoms with van der Waals surface area (Å²) in [5, 5.41) is 0. The van der Waals surface area contributed by atoms with Gasteiger partial charge in [-0.05, 0) is 86.0 Å². The Labute approximate surface area is 244 Å². The summed E-state index contributed by atoms with van der Waals surface area (Å²) in [5.41, 5.74) is -0.221. The monoisotopic (exact) mass is 555 g/mol. The molecule has 6 heteroatoms. The summed E-state index contributed by atoms with van der Waals surface area (Å²) < 4.78 is 1.68. The lowest BCUT2D eigenvalue weighted by Gasteiger charge is -2.69. The van der Waals surface area contributed by atoms with Crippen molar-refractivity contribution in [3.05, 3.63) is 53.1 Å². The van der Waals surface area contributed by atoms with E-state index in [9.17, 15) is 14.4 Å². The number of aryl methyl sites for hydroxylation is 1. The van der Waals surface area contributed by atoms with E-state index in [0.29, 0.717) is 0 Å². The van der Waals surface area contributed by atoms with Crippen LogP contribution in [-0.2, 0) is 9.59 Å². The lowest BCUT2D eigenvalue weighted by molar-refractivity contribution is -0.164. The van der Waals surface area contributed by atoms with Crippen LogP contribution in [0.25, 0.3) is 4.85 Å². The topological polar surface area (TPSA) is 73.4 Å². The molecule has 0 radical (unpaired) electrons. The van der Waals surface area contributed by atoms with Crippen molar-refractivity contribution in [2.45, 2.75) is 100 Å². The van der Waals surface area contributed by atoms with Gasteiger partial charge in [0.25, 0.3) is 0 Å². The van der Waals surface area contributed by atoms with Crippen molar-refractivity contribution in [2.75, 3.05) is 0 Å². The number of allylic oxidation sites excluding steroid dienone is 4. The van der Waals surface area contributed by atoms with Gasteiger partial charge in [0.05, 0.1) is 17.7 Å². The Morgan fingerprint density at radius 3 is 2.34 bits per heavy atom. The Balaban J connectivity index is 1.52. The molecule has 218 valence electrons. The van der Waals surface area contributed by atoms with E-state index in [1.54, 1.807) is 10.9 Å². The molecule has 3 fully saturated rings. The van der Waals surface area contributed by atoms with Crippen molar-refractivity contribution in [1.29, 1.82) is 0 Å². The third-order valence-electron chi connectivity index (χ3n) is 13.2. The van der Waals surface area contributed by atoms with E-state index < -0.39 is 16.2 Å². The predicted octanol–water partition coefficient (Wildman–Crippen LogP) is 7.40. The van der Waals surface area contributed by atoms with Gasteiger partial charge in [-0.15, -0.1) is 0 Å². The van der Waals surface area contributed by atoms with Crippen LogP contribution < -0.4 is 0 Å². The van der Waals surface area contributed by atoms with Gasteiger partial charge in [-0.25, -0.2) is 9.83 Å². The third kappa shape index (κ3) is 3.47. The van der Waals surface area contributed by atoms with Crippen molar-refractivity contribution in [1.82, 2.24) is 9.55 Å². The van der Waals surface area contributed by atoms with E-state index in [0.717, 1.165) is 56.2 Å². The molecule has 7 unspecified atom stereocenters. The van der Waals surface area contributed by atoms with Crippen molar-refractivity contribution >= 4 is 17.5 Å². The summed E-state index contributed by atoms with van der Waals surface area (Å²) >= 11 is 0. The first-order chi connectivity index (χ1) is 19.0. The fraction of sp³-hybridized carbons (Fsp3) is 0.686. The lowest BCUT2D eigenvalue weighted by Crippen LogP contribution is -2.66. The molecule has 5 aliphatic carbocycles. The van der Waals surface area contributed by atoms with Gasteiger partial charge in [0.1, 0.15) is 6.33 Å². The summed E-state index contributed by atoms with van der Waals surface area (Å²) in [6.45, 7) is 25.1. The molecule has 0 aliphatic heterocycles. The van der Waals surface area contributed by atoms with Gasteiger partial charge in [0.15, 0.2) is 11.6 Å². The highest BCUT2D eigenvalue weighted by Gasteiger charge is 2.70. The van der Waals surface area contributed by atoms with Crippen LogP contribution in [0.3, 0.4) is 0 Å². The first-order valence-corrected chi connectivity index (χ1v) is 15.4. The van der Waals surface area contributed by atoms with E-state index in [-0.39, 0.29) is 57.2 Å². The van der Waals surface area contributed by atoms with Gasteiger partial charge < -0.3 is 4.79 Å². The van der Waals surface area contributed by atoms with Crippen molar-refractivity contribution < 1.29 is 14.4 Å². The standard InChI is InChI=1S/C35H45N3O3/c1-21-19-38(20-37-21)29(41)35-14-12-30(2,3)17-22(35)27-24(39)16-26-32(6)18-23(36-9)28(40)31(4,5)25(32)10-11-33(26,7)34(27,8)13-15-35/h16,18-20,22,25,27H,10-15,17H2,1-8H3. The van der Waals surface area contributed by atoms with E-state index in [1.165, 1.54) is 0 Å². The SMILES string of the molecule is [C-]#[N+]C1=CC2(C)C3=CC(=O)C4C5CC(C)(C)CCC5(C(=O)n5cnc(C)c5)CCC4(C)C3(C)CCC2C(C)(C)C1=O. The number of hydrogen-bond acceptors (Lipinski definition) is 4. The highest BCUT2D eigenvalue weighted by Crippen LogP contribution is 2.74. The first-order valence-electron chi connectivity index (χ1n) is 15.4. The second kappa shape index (κ2) is 8.39. The zero-order valence-electron chi connectivity index (χ0n) is 26.1. The maximum Gasteiger partial charge on any atom is 0.238 e. The number of ketones is 2. The Morgan fingerprint density at radius 2 is 1.71 bits per heavy atom. The molecule has 1 heterocycles. The van der Waals surface area contributed by atoms with Gasteiger partial charge >= 0.3 is 0 Å². The number of carbonyl (C=O) groups excluding carboxylic acids is 3. The van der Waals surface area contributed by atoms with E-state index in [1.807, 2.05) is 39.1 Å². The van der Waals surface area contributed by atoms with Crippen molar-refractivity contribution in [2.24, 2.45) is 50.2 Å². The highest BCUT2D eigenvalue weighted by molar-refractivity contribution is 6.03. The molecule has 5 aliphatic rings. The zero-order chi connectivity index (χ0) is 30.0. The Morgan fingerprint density at radius 1 is 1.02 bits per heavy atom. The molecule has 41 heavy (non-hydrogen) atoms. The maximum atomic E-state index is 14.6. The Hall–Kier alpha value is -2.81. The molecule has 0 amide bonds. The summed E-state index contributed by atoms with van der Waals surface area (Å²) in [5.74, 6) is -0.113. The van der Waals surface area contributed by atoms with Crippen LogP contribution in [0.2, 0.25) is 0 Å². The van der Waals surface area contributed by atoms with Crippen LogP contribution in [0.5, 0.6) is 0 Å². The van der Waals surface area contributed by atoms with Crippen LogP contribution in [0.1, 0.15) is 104 Å². The zero-order valence-corrected chi connectivity index (χ0v) is 26.1. The normalized spacial score (nSPS) is 42.5. The first kappa shape index (κ1) is 28.3. The molecule has 1 aromatic rings. The molecule has 1 aromatic heterocycles. The maximum absolute atomic E-state index is 14.6. The van der Waals surface area contributed by atoms with E-state index in [2.05, 4.69) is 44.4 Å². The largest absolute Gasteiger partial charge is 0.307 e. The number of imidazole rings is 1. The number of fused-ring (bicyclic) bond motifs is 7. The highest BCUT2D eigenvalue weighted by atomic mass is 16.2. The van der Waals surface area contributed by atoms with Crippen LogP contribution in [-0.4, -0.2) is 27.0 Å². The molecule has 0 spiro atoms. The van der Waals surface area contributed by atoms with Crippen molar-refractivity contribution in [3.8, 4) is 0 Å². The Kier molecular flexibility index (Phi) is 5.80. The molecule has 6 rings (SSSR count). The lowest BCUT2D eigenvalue weighted by atomic mass is 9.34. The van der Waals surface area contributed by atoms with Crippen LogP contribution in [0, 0.1) is 63.7 Å². The summed E-state index contributed by atoms with van der Waals surface area (Å²) in [4.78, 5) is 50.3. The fourth-order valence-electron chi connectivity index (χ4n) is 10.8. The van der Waals surface area contributed by atoms with Crippen molar-refractivity contribution in [3.63, 3.8) is 0 Å². The van der Waals surface area contributed by atoms with Gasteiger partial charge in [-0.1, -0.05) is 60.1 Å². The minimum atomic E-state index is -0.670. The molecule has 7 atom stereocenters. The van der Waals surface area contributed by atoms with E-state index >= 15 is 0 Å². The second-order valence-corrected chi connectivity index (χ2v) is 16.1. The molecule has 0 N–H and O–H groups in total. The quantitative estimate of drug-likeness (QED) is 0.338. The molecular weight excluding hydrogens is 510 g/mol. The molecule has 0 aromatic carbocycles. The average Bonchev–Trinajstić information content (AvgIpc) is 3.33. The second-order valence-electron chi connectivity index (χ2n) is 16.1. The molecule has 0 saturated heterocycles. The number of rotatable bonds is 1. The molecule has 0 bridgehead atoms. The minimum absolute atomic E-state index is 0.0302. The number of Topliss-reactive ketones (excluding diaryl/α,β-unsaturated/α-hetero) is 1. The van der Waals surface area contributed by atoms with Crippen LogP contribution >= 0.6 is 0 Å². The van der Waals surface area contributed by atoms with E-state index in [4.69, 9.17) is 6.57 Å². The predicted molar refractivity (Wildman–Crippen MR) is 157 cm³/mol. The van der Waals surface area contributed by atoms with Crippen LogP contribution in [0.15, 0.2) is 35.9 Å². The Bertz CT molecular complexity index is 1490. The van der Waals surface area contributed by atoms with Gasteiger partial charge in [-0.2, -0.15) is 0 Å². The third-order valence-corrected chi connectivity index (χ3v) is 13.2. The average molecular weight is 556 g/mol. The molecule has 6 nitrogen and oxygen atoms in total. The number of aromatic nitrogens is 2. The summed E-state index contributed by atoms with van der Waals surface area (Å²) in [7, 11) is 0. The number of hydrogen-bond donors (Lipinski definition) is 0. The van der Waals surface area contributed by atoms with Crippen LogP contribution in [0.4, 0.5) is 0 Å². The molecule has 3 saturated carbocycles. The van der Waals surface area contributed by atoms with Gasteiger partial charge in [0, 0.05) is 22.9 Å². The minimum Gasteiger partial charge on any atom is -0.307 e. The summed E-state index contributed by atoms with van der Waals surface area (Å²) in [6.07, 6.45) is 13.2. The smallest absolute Gasteiger partial charge is 0.238 e. The fourth-order valence-corrected chi connectivity index (χ4v) is 10.8. The van der Waals surface area contributed by atoms with Gasteiger partial charge in [-0.3, -0.25) is 14.2 Å². The molecular formula is C35H45N3O3.